The van der Waals surface area contributed by atoms with Crippen LogP contribution in [0.5, 0.6) is 11.5 Å². The first kappa shape index (κ1) is 21.4. The lowest BCUT2D eigenvalue weighted by Crippen LogP contribution is -2.50. The van der Waals surface area contributed by atoms with E-state index in [1.807, 2.05) is 0 Å². The Morgan fingerprint density at radius 1 is 0.750 bits per heavy atom. The average Bonchev–Trinajstić information content (AvgIpc) is 3.01. The Morgan fingerprint density at radius 2 is 1.25 bits per heavy atom. The molecule has 0 saturated carbocycles. The smallest absolute Gasteiger partial charge is 0.261 e. The van der Waals surface area contributed by atoms with Crippen LogP contribution in [0.3, 0.4) is 0 Å². The standard InChI is InChI=1S/C23H23N3O6/c1-13(2)26-22(31)18-4-3-14(11-19(18)23(26)32)20(29)24-5-7-25(8-6-24)21(30)15-9-16(27)12-17(28)10-15/h3-4,9-13,27-28H,5-8H2,1-2H3. The third-order valence-electron chi connectivity index (χ3n) is 5.68. The Hall–Kier alpha value is -3.88. The van der Waals surface area contributed by atoms with Crippen molar-refractivity contribution in [3.8, 4) is 11.5 Å². The fourth-order valence-corrected chi connectivity index (χ4v) is 4.06. The number of carbonyl (C=O) groups is 4. The number of amides is 4. The van der Waals surface area contributed by atoms with Crippen molar-refractivity contribution in [2.24, 2.45) is 0 Å². The third kappa shape index (κ3) is 3.66. The first-order valence-electron chi connectivity index (χ1n) is 10.3. The topological polar surface area (TPSA) is 118 Å². The van der Waals surface area contributed by atoms with Crippen molar-refractivity contribution in [2.75, 3.05) is 26.2 Å². The summed E-state index contributed by atoms with van der Waals surface area (Å²) in [6.07, 6.45) is 0. The van der Waals surface area contributed by atoms with E-state index in [0.29, 0.717) is 11.1 Å². The molecule has 2 aromatic rings. The van der Waals surface area contributed by atoms with Gasteiger partial charge in [-0.05, 0) is 44.2 Å². The number of phenols is 2. The molecule has 2 N–H and O–H groups in total. The molecule has 2 aliphatic rings. The summed E-state index contributed by atoms with van der Waals surface area (Å²) in [6.45, 7) is 4.66. The predicted molar refractivity (Wildman–Crippen MR) is 114 cm³/mol. The number of phenolic OH excluding ortho intramolecular Hbond substituents is 2. The normalized spacial score (nSPS) is 16.0. The number of imide groups is 1. The molecule has 2 aromatic carbocycles. The molecule has 166 valence electrons. The molecule has 0 aromatic heterocycles. The highest BCUT2D eigenvalue weighted by molar-refractivity contribution is 6.22. The molecule has 1 saturated heterocycles. The number of carbonyl (C=O) groups excluding carboxylic acids is 4. The molecule has 0 spiro atoms. The van der Waals surface area contributed by atoms with Crippen molar-refractivity contribution in [3.05, 3.63) is 58.7 Å². The first-order valence-corrected chi connectivity index (χ1v) is 10.3. The SMILES string of the molecule is CC(C)N1C(=O)c2ccc(C(=O)N3CCN(C(=O)c4cc(O)cc(O)c4)CC3)cc2C1=O. The number of hydrogen-bond acceptors (Lipinski definition) is 6. The van der Waals surface area contributed by atoms with Crippen LogP contribution in [0.15, 0.2) is 36.4 Å². The molecule has 2 heterocycles. The second-order valence-electron chi connectivity index (χ2n) is 8.16. The van der Waals surface area contributed by atoms with Crippen LogP contribution in [-0.4, -0.2) is 80.8 Å². The lowest BCUT2D eigenvalue weighted by atomic mass is 10.0. The van der Waals surface area contributed by atoms with Crippen LogP contribution in [0.1, 0.15) is 55.3 Å². The lowest BCUT2D eigenvalue weighted by molar-refractivity contribution is 0.0535. The van der Waals surface area contributed by atoms with Gasteiger partial charge in [-0.1, -0.05) is 0 Å². The minimum Gasteiger partial charge on any atom is -0.508 e. The van der Waals surface area contributed by atoms with Crippen LogP contribution in [0.25, 0.3) is 0 Å². The van der Waals surface area contributed by atoms with Gasteiger partial charge in [-0.25, -0.2) is 0 Å². The summed E-state index contributed by atoms with van der Waals surface area (Å²) in [4.78, 5) is 55.0. The highest BCUT2D eigenvalue weighted by atomic mass is 16.3. The van der Waals surface area contributed by atoms with Gasteiger partial charge in [0.15, 0.2) is 0 Å². The molecule has 0 unspecified atom stereocenters. The molecular weight excluding hydrogens is 414 g/mol. The van der Waals surface area contributed by atoms with Crippen LogP contribution in [0, 0.1) is 0 Å². The maximum absolute atomic E-state index is 13.0. The number of aromatic hydroxyl groups is 2. The molecule has 9 nitrogen and oxygen atoms in total. The lowest BCUT2D eigenvalue weighted by Gasteiger charge is -2.35. The van der Waals surface area contributed by atoms with E-state index >= 15 is 0 Å². The molecule has 0 radical (unpaired) electrons. The van der Waals surface area contributed by atoms with Gasteiger partial charge in [0.2, 0.25) is 0 Å². The molecule has 0 bridgehead atoms. The zero-order valence-corrected chi connectivity index (χ0v) is 17.7. The number of hydrogen-bond donors (Lipinski definition) is 2. The second kappa shape index (κ2) is 7.99. The number of fused-ring (bicyclic) bond motifs is 1. The monoisotopic (exact) mass is 437 g/mol. The molecular formula is C23H23N3O6. The van der Waals surface area contributed by atoms with E-state index in [2.05, 4.69) is 0 Å². The summed E-state index contributed by atoms with van der Waals surface area (Å²) >= 11 is 0. The molecule has 0 atom stereocenters. The Bertz CT molecular complexity index is 1110. The largest absolute Gasteiger partial charge is 0.508 e. The minimum atomic E-state index is -0.403. The molecule has 32 heavy (non-hydrogen) atoms. The summed E-state index contributed by atoms with van der Waals surface area (Å²) in [7, 11) is 0. The predicted octanol–water partition coefficient (Wildman–Crippen LogP) is 1.70. The average molecular weight is 437 g/mol. The number of piperazine rings is 1. The number of nitrogens with zero attached hydrogens (tertiary/aromatic N) is 3. The van der Waals surface area contributed by atoms with Gasteiger partial charge in [0, 0.05) is 49.4 Å². The van der Waals surface area contributed by atoms with Gasteiger partial charge in [0.1, 0.15) is 11.5 Å². The second-order valence-corrected chi connectivity index (χ2v) is 8.16. The zero-order valence-electron chi connectivity index (χ0n) is 17.7. The molecule has 1 fully saturated rings. The van der Waals surface area contributed by atoms with E-state index in [4.69, 9.17) is 0 Å². The van der Waals surface area contributed by atoms with Crippen LogP contribution < -0.4 is 0 Å². The Kier molecular flexibility index (Phi) is 5.33. The summed E-state index contributed by atoms with van der Waals surface area (Å²) < 4.78 is 0. The molecule has 4 rings (SSSR count). The quantitative estimate of drug-likeness (QED) is 0.706. The fourth-order valence-electron chi connectivity index (χ4n) is 4.06. The van der Waals surface area contributed by atoms with Crippen molar-refractivity contribution in [3.63, 3.8) is 0 Å². The van der Waals surface area contributed by atoms with Crippen LogP contribution in [0.4, 0.5) is 0 Å². The van der Waals surface area contributed by atoms with Crippen molar-refractivity contribution < 1.29 is 29.4 Å². The Labute approximate surface area is 184 Å². The highest BCUT2D eigenvalue weighted by Crippen LogP contribution is 2.27. The van der Waals surface area contributed by atoms with Gasteiger partial charge < -0.3 is 20.0 Å². The van der Waals surface area contributed by atoms with E-state index in [1.165, 1.54) is 29.2 Å². The summed E-state index contributed by atoms with van der Waals surface area (Å²) in [5.74, 6) is -1.80. The van der Waals surface area contributed by atoms with Gasteiger partial charge in [-0.2, -0.15) is 0 Å². The maximum Gasteiger partial charge on any atom is 0.261 e. The third-order valence-corrected chi connectivity index (χ3v) is 5.68. The van der Waals surface area contributed by atoms with Crippen molar-refractivity contribution in [1.82, 2.24) is 14.7 Å². The van der Waals surface area contributed by atoms with Gasteiger partial charge in [0.25, 0.3) is 23.6 Å². The number of benzene rings is 2. The van der Waals surface area contributed by atoms with Crippen LogP contribution in [-0.2, 0) is 0 Å². The van der Waals surface area contributed by atoms with Crippen molar-refractivity contribution >= 4 is 23.6 Å². The van der Waals surface area contributed by atoms with E-state index in [0.717, 1.165) is 6.07 Å². The van der Waals surface area contributed by atoms with Crippen LogP contribution in [0.2, 0.25) is 0 Å². The van der Waals surface area contributed by atoms with E-state index in [1.54, 1.807) is 29.7 Å². The summed E-state index contributed by atoms with van der Waals surface area (Å²) in [6, 6.07) is 7.95. The van der Waals surface area contributed by atoms with E-state index in [9.17, 15) is 29.4 Å². The molecule has 0 aliphatic carbocycles. The van der Waals surface area contributed by atoms with Crippen molar-refractivity contribution in [1.29, 1.82) is 0 Å². The fraction of sp³-hybridized carbons (Fsp3) is 0.304. The Morgan fingerprint density at radius 3 is 1.78 bits per heavy atom. The van der Waals surface area contributed by atoms with Gasteiger partial charge in [-0.15, -0.1) is 0 Å². The molecule has 9 heteroatoms. The molecule has 2 aliphatic heterocycles. The number of rotatable bonds is 3. The zero-order chi connectivity index (χ0) is 23.2. The summed E-state index contributed by atoms with van der Waals surface area (Å²) in [5.41, 5.74) is 1.00. The Balaban J connectivity index is 1.45. The van der Waals surface area contributed by atoms with Crippen LogP contribution >= 0.6 is 0 Å². The maximum atomic E-state index is 13.0. The van der Waals surface area contributed by atoms with E-state index < -0.39 is 5.91 Å². The summed E-state index contributed by atoms with van der Waals surface area (Å²) in [5, 5.41) is 19.2. The first-order chi connectivity index (χ1) is 15.2. The van der Waals surface area contributed by atoms with Crippen molar-refractivity contribution in [2.45, 2.75) is 19.9 Å². The molecule has 4 amide bonds. The van der Waals surface area contributed by atoms with Gasteiger partial charge >= 0.3 is 0 Å². The minimum absolute atomic E-state index is 0.166. The van der Waals surface area contributed by atoms with Gasteiger partial charge in [0.05, 0.1) is 11.1 Å². The van der Waals surface area contributed by atoms with Gasteiger partial charge in [-0.3, -0.25) is 24.1 Å². The van der Waals surface area contributed by atoms with E-state index in [-0.39, 0.29) is 72.6 Å². The highest BCUT2D eigenvalue weighted by Gasteiger charge is 2.38.